The molecule has 0 atom stereocenters. The molecule has 0 saturated heterocycles. The molecule has 0 bridgehead atoms. The monoisotopic (exact) mass is 231 g/mol. The van der Waals surface area contributed by atoms with Crippen LogP contribution in [0, 0.1) is 27.7 Å². The second-order valence-electron chi connectivity index (χ2n) is 4.32. The summed E-state index contributed by atoms with van der Waals surface area (Å²) in [5.74, 6) is 0. The highest BCUT2D eigenvalue weighted by Crippen LogP contribution is 2.38. The van der Waals surface area contributed by atoms with Crippen molar-refractivity contribution in [3.8, 4) is 11.1 Å². The van der Waals surface area contributed by atoms with Crippen LogP contribution in [0.5, 0.6) is 0 Å². The van der Waals surface area contributed by atoms with Crippen molar-refractivity contribution in [3.05, 3.63) is 39.8 Å². The average molecular weight is 231 g/mol. The summed E-state index contributed by atoms with van der Waals surface area (Å²) >= 11 is 1.68. The minimum Gasteiger partial charge on any atom is -0.390 e. The van der Waals surface area contributed by atoms with Gasteiger partial charge in [-0.1, -0.05) is 18.2 Å². The zero-order chi connectivity index (χ0) is 11.9. The van der Waals surface area contributed by atoms with Crippen LogP contribution in [0.2, 0.25) is 0 Å². The van der Waals surface area contributed by atoms with E-state index >= 15 is 0 Å². The third kappa shape index (κ3) is 1.74. The Hall–Kier alpha value is -1.28. The first-order valence-corrected chi connectivity index (χ1v) is 6.25. The first-order chi connectivity index (χ1) is 7.50. The fourth-order valence-electron chi connectivity index (χ4n) is 1.91. The van der Waals surface area contributed by atoms with Gasteiger partial charge in [-0.05, 0) is 49.9 Å². The van der Waals surface area contributed by atoms with Crippen LogP contribution in [0.25, 0.3) is 11.1 Å². The Kier molecular flexibility index (Phi) is 2.76. The molecule has 0 saturated carbocycles. The molecule has 1 aromatic heterocycles. The number of hydrogen-bond donors (Lipinski definition) is 1. The molecule has 0 aliphatic heterocycles. The molecular weight excluding hydrogens is 214 g/mol. The number of aryl methyl sites for hydroxylation is 3. The maximum Gasteiger partial charge on any atom is 0.0941 e. The lowest BCUT2D eigenvalue weighted by atomic mass is 9.99. The Balaban J connectivity index is 2.63. The third-order valence-corrected chi connectivity index (χ3v) is 4.24. The van der Waals surface area contributed by atoms with Crippen LogP contribution < -0.4 is 5.73 Å². The molecule has 2 rings (SSSR count). The summed E-state index contributed by atoms with van der Waals surface area (Å²) in [6.07, 6.45) is 0. The first kappa shape index (κ1) is 11.2. The topological polar surface area (TPSA) is 26.0 Å². The number of nitrogen functional groups attached to an aromatic ring is 1. The molecule has 1 heterocycles. The van der Waals surface area contributed by atoms with Crippen molar-refractivity contribution in [2.24, 2.45) is 0 Å². The standard InChI is InChI=1S/C14H17NS/c1-8-5-6-12(7-9(8)2)13-10(3)11(4)16-14(13)15/h5-7H,15H2,1-4H3. The van der Waals surface area contributed by atoms with Crippen LogP contribution in [0.4, 0.5) is 5.00 Å². The lowest BCUT2D eigenvalue weighted by Gasteiger charge is -2.06. The van der Waals surface area contributed by atoms with E-state index in [0.717, 1.165) is 5.00 Å². The van der Waals surface area contributed by atoms with Crippen LogP contribution in [0.1, 0.15) is 21.6 Å². The van der Waals surface area contributed by atoms with E-state index in [1.165, 1.54) is 32.7 Å². The first-order valence-electron chi connectivity index (χ1n) is 5.43. The zero-order valence-corrected chi connectivity index (χ0v) is 11.0. The van der Waals surface area contributed by atoms with Gasteiger partial charge in [0.15, 0.2) is 0 Å². The SMILES string of the molecule is Cc1ccc(-c2c(N)sc(C)c2C)cc1C. The second kappa shape index (κ2) is 3.95. The highest BCUT2D eigenvalue weighted by atomic mass is 32.1. The lowest BCUT2D eigenvalue weighted by Crippen LogP contribution is -1.88. The average Bonchev–Trinajstić information content (AvgIpc) is 2.47. The number of benzene rings is 1. The van der Waals surface area contributed by atoms with Gasteiger partial charge in [-0.3, -0.25) is 0 Å². The van der Waals surface area contributed by atoms with E-state index in [-0.39, 0.29) is 0 Å². The van der Waals surface area contributed by atoms with Crippen LogP contribution in [-0.4, -0.2) is 0 Å². The predicted molar refractivity (Wildman–Crippen MR) is 73.1 cm³/mol. The molecule has 16 heavy (non-hydrogen) atoms. The van der Waals surface area contributed by atoms with Crippen LogP contribution in [-0.2, 0) is 0 Å². The number of hydrogen-bond acceptors (Lipinski definition) is 2. The second-order valence-corrected chi connectivity index (χ2v) is 5.58. The van der Waals surface area contributed by atoms with E-state index in [9.17, 15) is 0 Å². The zero-order valence-electron chi connectivity index (χ0n) is 10.2. The Labute approximate surface area is 101 Å². The van der Waals surface area contributed by atoms with Crippen molar-refractivity contribution in [1.82, 2.24) is 0 Å². The lowest BCUT2D eigenvalue weighted by molar-refractivity contribution is 1.34. The van der Waals surface area contributed by atoms with Crippen molar-refractivity contribution in [3.63, 3.8) is 0 Å². The van der Waals surface area contributed by atoms with Crippen molar-refractivity contribution < 1.29 is 0 Å². The minimum absolute atomic E-state index is 0.929. The molecule has 2 N–H and O–H groups in total. The Morgan fingerprint density at radius 1 is 1.00 bits per heavy atom. The summed E-state index contributed by atoms with van der Waals surface area (Å²) in [5, 5.41) is 0.929. The van der Waals surface area contributed by atoms with Gasteiger partial charge in [0, 0.05) is 10.4 Å². The quantitative estimate of drug-likeness (QED) is 0.781. The number of nitrogens with two attached hydrogens (primary N) is 1. The fourth-order valence-corrected chi connectivity index (χ4v) is 2.87. The van der Waals surface area contributed by atoms with Crippen molar-refractivity contribution in [1.29, 1.82) is 0 Å². The minimum atomic E-state index is 0.929. The van der Waals surface area contributed by atoms with Crippen molar-refractivity contribution in [2.75, 3.05) is 5.73 Å². The molecule has 0 unspecified atom stereocenters. The normalized spacial score (nSPS) is 10.8. The molecule has 0 aliphatic rings. The van der Waals surface area contributed by atoms with Gasteiger partial charge in [-0.15, -0.1) is 11.3 Å². The summed E-state index contributed by atoms with van der Waals surface area (Å²) in [5.41, 5.74) is 12.5. The van der Waals surface area contributed by atoms with E-state index in [0.29, 0.717) is 0 Å². The maximum atomic E-state index is 6.08. The van der Waals surface area contributed by atoms with Gasteiger partial charge in [0.05, 0.1) is 5.00 Å². The molecule has 0 spiro atoms. The van der Waals surface area contributed by atoms with Crippen molar-refractivity contribution in [2.45, 2.75) is 27.7 Å². The van der Waals surface area contributed by atoms with Gasteiger partial charge >= 0.3 is 0 Å². The van der Waals surface area contributed by atoms with Crippen LogP contribution in [0.15, 0.2) is 18.2 Å². The molecule has 84 valence electrons. The summed E-state index contributed by atoms with van der Waals surface area (Å²) < 4.78 is 0. The van der Waals surface area contributed by atoms with E-state index < -0.39 is 0 Å². The van der Waals surface area contributed by atoms with Crippen molar-refractivity contribution >= 4 is 16.3 Å². The van der Waals surface area contributed by atoms with E-state index in [4.69, 9.17) is 5.73 Å². The number of rotatable bonds is 1. The number of anilines is 1. The summed E-state index contributed by atoms with van der Waals surface area (Å²) in [4.78, 5) is 1.31. The molecule has 2 heteroatoms. The van der Waals surface area contributed by atoms with Gasteiger partial charge in [-0.25, -0.2) is 0 Å². The van der Waals surface area contributed by atoms with Crippen LogP contribution >= 0.6 is 11.3 Å². The molecule has 1 nitrogen and oxygen atoms in total. The molecular formula is C14H17NS. The summed E-state index contributed by atoms with van der Waals surface area (Å²) in [6.45, 7) is 8.55. The molecule has 2 aromatic rings. The Bertz CT molecular complexity index is 538. The fraction of sp³-hybridized carbons (Fsp3) is 0.286. The van der Waals surface area contributed by atoms with E-state index in [1.54, 1.807) is 11.3 Å². The summed E-state index contributed by atoms with van der Waals surface area (Å²) in [6, 6.07) is 6.55. The van der Waals surface area contributed by atoms with Gasteiger partial charge < -0.3 is 5.73 Å². The predicted octanol–water partition coefficient (Wildman–Crippen LogP) is 4.23. The van der Waals surface area contributed by atoms with E-state index in [2.05, 4.69) is 45.9 Å². The smallest absolute Gasteiger partial charge is 0.0941 e. The highest BCUT2D eigenvalue weighted by Gasteiger charge is 2.12. The molecule has 0 radical (unpaired) electrons. The van der Waals surface area contributed by atoms with Gasteiger partial charge in [-0.2, -0.15) is 0 Å². The molecule has 0 fully saturated rings. The Morgan fingerprint density at radius 3 is 2.19 bits per heavy atom. The van der Waals surface area contributed by atoms with Crippen LogP contribution in [0.3, 0.4) is 0 Å². The molecule has 0 amide bonds. The Morgan fingerprint density at radius 2 is 1.69 bits per heavy atom. The summed E-state index contributed by atoms with van der Waals surface area (Å²) in [7, 11) is 0. The highest BCUT2D eigenvalue weighted by molar-refractivity contribution is 7.16. The van der Waals surface area contributed by atoms with Gasteiger partial charge in [0.1, 0.15) is 0 Å². The molecule has 1 aromatic carbocycles. The van der Waals surface area contributed by atoms with Gasteiger partial charge in [0.25, 0.3) is 0 Å². The van der Waals surface area contributed by atoms with Gasteiger partial charge in [0.2, 0.25) is 0 Å². The number of thiophene rings is 1. The maximum absolute atomic E-state index is 6.08. The largest absolute Gasteiger partial charge is 0.390 e. The van der Waals surface area contributed by atoms with E-state index in [1.807, 2.05) is 0 Å². The third-order valence-electron chi connectivity index (χ3n) is 3.21. The molecule has 0 aliphatic carbocycles.